The summed E-state index contributed by atoms with van der Waals surface area (Å²) in [5.74, 6) is 0.993. The maximum atomic E-state index is 5.95. The fourth-order valence-corrected chi connectivity index (χ4v) is 2.17. The zero-order chi connectivity index (χ0) is 14.2. The molecule has 0 heterocycles. The minimum Gasteiger partial charge on any atom is -0.493 e. The zero-order valence-corrected chi connectivity index (χ0v) is 12.4. The number of rotatable bonds is 7. The number of ether oxygens (including phenoxy) is 1. The Morgan fingerprint density at radius 3 is 2.60 bits per heavy atom. The molecular weight excluding hydrogens is 246 g/mol. The highest BCUT2D eigenvalue weighted by atomic mass is 16.5. The van der Waals surface area contributed by atoms with Crippen LogP contribution in [0, 0.1) is 6.92 Å². The van der Waals surface area contributed by atoms with E-state index in [9.17, 15) is 0 Å². The second-order valence-electron chi connectivity index (χ2n) is 4.98. The zero-order valence-electron chi connectivity index (χ0n) is 12.4. The van der Waals surface area contributed by atoms with Gasteiger partial charge < -0.3 is 10.1 Å². The van der Waals surface area contributed by atoms with E-state index in [1.165, 1.54) is 16.7 Å². The highest BCUT2D eigenvalue weighted by molar-refractivity contribution is 5.37. The Balaban J connectivity index is 1.94. The Morgan fingerprint density at radius 2 is 1.85 bits per heavy atom. The normalized spacial score (nSPS) is 10.5. The van der Waals surface area contributed by atoms with Crippen molar-refractivity contribution in [3.05, 3.63) is 65.2 Å². The summed E-state index contributed by atoms with van der Waals surface area (Å²) in [7, 11) is 0. The molecule has 1 N–H and O–H groups in total. The van der Waals surface area contributed by atoms with Crippen molar-refractivity contribution in [2.75, 3.05) is 13.2 Å². The van der Waals surface area contributed by atoms with Crippen LogP contribution in [-0.4, -0.2) is 13.2 Å². The third-order valence-electron chi connectivity index (χ3n) is 3.27. The molecule has 2 heteroatoms. The lowest BCUT2D eigenvalue weighted by molar-refractivity contribution is 0.317. The van der Waals surface area contributed by atoms with Crippen LogP contribution >= 0.6 is 0 Å². The fourth-order valence-electron chi connectivity index (χ4n) is 2.17. The molecule has 0 fully saturated rings. The van der Waals surface area contributed by atoms with Gasteiger partial charge in [0.05, 0.1) is 6.61 Å². The van der Waals surface area contributed by atoms with Gasteiger partial charge in [-0.25, -0.2) is 0 Å². The molecule has 106 valence electrons. The Bertz CT molecular complexity index is 522. The first kappa shape index (κ1) is 14.6. The topological polar surface area (TPSA) is 21.3 Å². The minimum atomic E-state index is 0.714. The van der Waals surface area contributed by atoms with Gasteiger partial charge in [-0.2, -0.15) is 0 Å². The van der Waals surface area contributed by atoms with E-state index in [1.54, 1.807) is 0 Å². The maximum Gasteiger partial charge on any atom is 0.123 e. The lowest BCUT2D eigenvalue weighted by Gasteiger charge is -2.13. The second kappa shape index (κ2) is 7.71. The van der Waals surface area contributed by atoms with Gasteiger partial charge in [0.2, 0.25) is 0 Å². The Hall–Kier alpha value is -1.80. The smallest absolute Gasteiger partial charge is 0.123 e. The van der Waals surface area contributed by atoms with E-state index in [2.05, 4.69) is 61.6 Å². The lowest BCUT2D eigenvalue weighted by atomic mass is 10.1. The van der Waals surface area contributed by atoms with Crippen LogP contribution in [0.4, 0.5) is 0 Å². The molecule has 0 radical (unpaired) electrons. The monoisotopic (exact) mass is 269 g/mol. The quantitative estimate of drug-likeness (QED) is 0.827. The van der Waals surface area contributed by atoms with E-state index in [0.29, 0.717) is 6.61 Å². The molecule has 0 saturated heterocycles. The van der Waals surface area contributed by atoms with Gasteiger partial charge in [0.25, 0.3) is 0 Å². The van der Waals surface area contributed by atoms with E-state index in [0.717, 1.165) is 25.3 Å². The highest BCUT2D eigenvalue weighted by Gasteiger charge is 2.04. The molecule has 0 aliphatic rings. The summed E-state index contributed by atoms with van der Waals surface area (Å²) >= 11 is 0. The van der Waals surface area contributed by atoms with Crippen LogP contribution in [-0.2, 0) is 13.0 Å². The van der Waals surface area contributed by atoms with Crippen molar-refractivity contribution in [3.8, 4) is 5.75 Å². The van der Waals surface area contributed by atoms with Crippen molar-refractivity contribution in [3.63, 3.8) is 0 Å². The summed E-state index contributed by atoms with van der Waals surface area (Å²) < 4.78 is 5.95. The number of nitrogens with one attached hydrogen (secondary N) is 1. The van der Waals surface area contributed by atoms with E-state index in [1.807, 2.05) is 6.07 Å². The van der Waals surface area contributed by atoms with E-state index in [-0.39, 0.29) is 0 Å². The molecule has 0 atom stereocenters. The lowest BCUT2D eigenvalue weighted by Crippen LogP contribution is -2.13. The molecule has 0 saturated carbocycles. The van der Waals surface area contributed by atoms with Crippen molar-refractivity contribution in [2.24, 2.45) is 0 Å². The molecule has 0 aliphatic heterocycles. The van der Waals surface area contributed by atoms with Gasteiger partial charge in [0.15, 0.2) is 0 Å². The summed E-state index contributed by atoms with van der Waals surface area (Å²) in [6.07, 6.45) is 0.940. The molecular formula is C18H23NO. The molecule has 0 amide bonds. The number of benzene rings is 2. The number of hydrogen-bond acceptors (Lipinski definition) is 2. The molecule has 2 aromatic rings. The van der Waals surface area contributed by atoms with E-state index in [4.69, 9.17) is 4.74 Å². The van der Waals surface area contributed by atoms with E-state index >= 15 is 0 Å². The Morgan fingerprint density at radius 1 is 1.05 bits per heavy atom. The third kappa shape index (κ3) is 4.39. The standard InChI is InChI=1S/C18H23NO/c1-3-19-14-17-13-15(2)9-10-18(17)20-12-11-16-7-5-4-6-8-16/h4-10,13,19H,3,11-12,14H2,1-2H3. The summed E-state index contributed by atoms with van der Waals surface area (Å²) in [6, 6.07) is 16.8. The van der Waals surface area contributed by atoms with Gasteiger partial charge in [-0.3, -0.25) is 0 Å². The SMILES string of the molecule is CCNCc1cc(C)ccc1OCCc1ccccc1. The molecule has 0 aliphatic carbocycles. The van der Waals surface area contributed by atoms with Crippen LogP contribution in [0.1, 0.15) is 23.6 Å². The second-order valence-corrected chi connectivity index (χ2v) is 4.98. The third-order valence-corrected chi connectivity index (χ3v) is 3.27. The molecule has 0 aromatic heterocycles. The average molecular weight is 269 g/mol. The Labute approximate surface area is 121 Å². The molecule has 20 heavy (non-hydrogen) atoms. The molecule has 0 bridgehead atoms. The van der Waals surface area contributed by atoms with Gasteiger partial charge in [0.1, 0.15) is 5.75 Å². The molecule has 0 spiro atoms. The van der Waals surface area contributed by atoms with Gasteiger partial charge in [-0.05, 0) is 25.1 Å². The van der Waals surface area contributed by atoms with Gasteiger partial charge in [-0.15, -0.1) is 0 Å². The Kier molecular flexibility index (Phi) is 5.63. The highest BCUT2D eigenvalue weighted by Crippen LogP contribution is 2.20. The number of hydrogen-bond donors (Lipinski definition) is 1. The molecule has 0 unspecified atom stereocenters. The van der Waals surface area contributed by atoms with E-state index < -0.39 is 0 Å². The van der Waals surface area contributed by atoms with Crippen LogP contribution in [0.3, 0.4) is 0 Å². The van der Waals surface area contributed by atoms with Crippen LogP contribution in [0.2, 0.25) is 0 Å². The van der Waals surface area contributed by atoms with Crippen LogP contribution in [0.15, 0.2) is 48.5 Å². The molecule has 2 rings (SSSR count). The largest absolute Gasteiger partial charge is 0.493 e. The van der Waals surface area contributed by atoms with Gasteiger partial charge >= 0.3 is 0 Å². The van der Waals surface area contributed by atoms with Crippen LogP contribution in [0.5, 0.6) is 5.75 Å². The predicted molar refractivity (Wildman–Crippen MR) is 84.2 cm³/mol. The van der Waals surface area contributed by atoms with Crippen molar-refractivity contribution >= 4 is 0 Å². The summed E-state index contributed by atoms with van der Waals surface area (Å²) in [4.78, 5) is 0. The minimum absolute atomic E-state index is 0.714. The summed E-state index contributed by atoms with van der Waals surface area (Å²) in [5.41, 5.74) is 3.82. The molecule has 2 nitrogen and oxygen atoms in total. The van der Waals surface area contributed by atoms with Gasteiger partial charge in [-0.1, -0.05) is 55.0 Å². The number of aryl methyl sites for hydroxylation is 1. The van der Waals surface area contributed by atoms with Crippen molar-refractivity contribution in [1.29, 1.82) is 0 Å². The molecule has 2 aromatic carbocycles. The summed E-state index contributed by atoms with van der Waals surface area (Å²) in [6.45, 7) is 6.78. The van der Waals surface area contributed by atoms with Crippen LogP contribution < -0.4 is 10.1 Å². The van der Waals surface area contributed by atoms with Crippen molar-refractivity contribution in [2.45, 2.75) is 26.8 Å². The first-order valence-corrected chi connectivity index (χ1v) is 7.26. The first-order chi connectivity index (χ1) is 9.79. The average Bonchev–Trinajstić information content (AvgIpc) is 2.48. The predicted octanol–water partition coefficient (Wildman–Crippen LogP) is 3.73. The fraction of sp³-hybridized carbons (Fsp3) is 0.333. The first-order valence-electron chi connectivity index (χ1n) is 7.26. The maximum absolute atomic E-state index is 5.95. The van der Waals surface area contributed by atoms with Crippen LogP contribution in [0.25, 0.3) is 0 Å². The summed E-state index contributed by atoms with van der Waals surface area (Å²) in [5, 5.41) is 3.36. The van der Waals surface area contributed by atoms with Crippen molar-refractivity contribution < 1.29 is 4.74 Å². The van der Waals surface area contributed by atoms with Gasteiger partial charge in [0, 0.05) is 18.5 Å². The van der Waals surface area contributed by atoms with Crippen molar-refractivity contribution in [1.82, 2.24) is 5.32 Å².